The van der Waals surface area contributed by atoms with E-state index in [-0.39, 0.29) is 23.2 Å². The summed E-state index contributed by atoms with van der Waals surface area (Å²) in [4.78, 5) is 28.4. The number of rotatable bonds is 4. The Bertz CT molecular complexity index is 952. The Hall–Kier alpha value is -2.45. The fourth-order valence-electron chi connectivity index (χ4n) is 2.32. The van der Waals surface area contributed by atoms with Crippen molar-refractivity contribution >= 4 is 51.7 Å². The predicted octanol–water partition coefficient (Wildman–Crippen LogP) is 4.17. The van der Waals surface area contributed by atoms with Gasteiger partial charge in [-0.05, 0) is 42.8 Å². The molecule has 2 amide bonds. The average Bonchev–Trinajstić information content (AvgIpc) is 2.93. The van der Waals surface area contributed by atoms with Crippen molar-refractivity contribution in [3.05, 3.63) is 58.6 Å². The number of carbonyl (C=O) groups is 2. The van der Waals surface area contributed by atoms with Crippen LogP contribution in [0.25, 0.3) is 0 Å². The van der Waals surface area contributed by atoms with Crippen LogP contribution in [0.4, 0.5) is 20.2 Å². The van der Waals surface area contributed by atoms with E-state index in [1.54, 1.807) is 19.1 Å². The van der Waals surface area contributed by atoms with Crippen LogP contribution in [0.3, 0.4) is 0 Å². The van der Waals surface area contributed by atoms with E-state index < -0.39 is 17.0 Å². The highest BCUT2D eigenvalue weighted by Crippen LogP contribution is 2.27. The lowest BCUT2D eigenvalue weighted by molar-refractivity contribution is -0.122. The maximum atomic E-state index is 13.6. The van der Waals surface area contributed by atoms with Gasteiger partial charge in [0.05, 0.1) is 10.7 Å². The highest BCUT2D eigenvalue weighted by atomic mass is 35.5. The van der Waals surface area contributed by atoms with E-state index in [4.69, 9.17) is 11.6 Å². The number of anilines is 1. The number of carbonyl (C=O) groups excluding carboxylic acids is 2. The Labute approximate surface area is 163 Å². The first-order chi connectivity index (χ1) is 12.8. The van der Waals surface area contributed by atoms with Gasteiger partial charge in [-0.1, -0.05) is 29.4 Å². The fourth-order valence-corrected chi connectivity index (χ4v) is 3.48. The number of halogens is 3. The van der Waals surface area contributed by atoms with Crippen molar-refractivity contribution in [2.45, 2.75) is 18.6 Å². The maximum Gasteiger partial charge on any atom is 0.240 e. The monoisotopic (exact) mass is 409 g/mol. The molecule has 1 saturated heterocycles. The van der Waals surface area contributed by atoms with Gasteiger partial charge in [-0.15, -0.1) is 0 Å². The van der Waals surface area contributed by atoms with Crippen LogP contribution in [-0.2, 0) is 9.59 Å². The molecule has 1 atom stereocenters. The normalized spacial score (nSPS) is 17.9. The molecule has 0 aliphatic carbocycles. The zero-order chi connectivity index (χ0) is 19.6. The van der Waals surface area contributed by atoms with Crippen molar-refractivity contribution in [1.82, 2.24) is 5.32 Å². The topological polar surface area (TPSA) is 70.6 Å². The van der Waals surface area contributed by atoms with Gasteiger partial charge < -0.3 is 10.6 Å². The number of aryl methyl sites for hydroxylation is 1. The summed E-state index contributed by atoms with van der Waals surface area (Å²) in [6.45, 7) is 1.64. The summed E-state index contributed by atoms with van der Waals surface area (Å²) in [5.41, 5.74) is 1.20. The molecule has 1 heterocycles. The molecule has 5 nitrogen and oxygen atoms in total. The van der Waals surface area contributed by atoms with Gasteiger partial charge in [-0.3, -0.25) is 9.59 Å². The molecule has 2 aromatic rings. The molecule has 1 aliphatic heterocycles. The van der Waals surface area contributed by atoms with E-state index in [0.29, 0.717) is 22.1 Å². The van der Waals surface area contributed by atoms with Crippen LogP contribution < -0.4 is 10.6 Å². The van der Waals surface area contributed by atoms with E-state index >= 15 is 0 Å². The minimum Gasteiger partial charge on any atom is -0.326 e. The van der Waals surface area contributed by atoms with E-state index in [0.717, 1.165) is 17.8 Å². The van der Waals surface area contributed by atoms with Gasteiger partial charge in [0.2, 0.25) is 11.8 Å². The number of amidine groups is 1. The lowest BCUT2D eigenvalue weighted by atomic mass is 10.2. The van der Waals surface area contributed by atoms with Gasteiger partial charge in [0, 0.05) is 12.1 Å². The van der Waals surface area contributed by atoms with Crippen LogP contribution in [0, 0.1) is 18.6 Å². The van der Waals surface area contributed by atoms with E-state index in [2.05, 4.69) is 15.6 Å². The minimum atomic E-state index is -0.671. The Morgan fingerprint density at radius 3 is 2.74 bits per heavy atom. The van der Waals surface area contributed by atoms with Crippen molar-refractivity contribution in [1.29, 1.82) is 0 Å². The Balaban J connectivity index is 1.63. The van der Waals surface area contributed by atoms with Crippen LogP contribution >= 0.6 is 23.4 Å². The van der Waals surface area contributed by atoms with Crippen molar-refractivity contribution in [2.75, 3.05) is 5.32 Å². The minimum absolute atomic E-state index is 0.104. The van der Waals surface area contributed by atoms with Gasteiger partial charge in [0.25, 0.3) is 0 Å². The molecule has 0 radical (unpaired) electrons. The summed E-state index contributed by atoms with van der Waals surface area (Å²) < 4.78 is 26.7. The smallest absolute Gasteiger partial charge is 0.240 e. The van der Waals surface area contributed by atoms with Gasteiger partial charge in [-0.2, -0.15) is 0 Å². The van der Waals surface area contributed by atoms with Crippen LogP contribution in [0.5, 0.6) is 0 Å². The van der Waals surface area contributed by atoms with Gasteiger partial charge in [-0.25, -0.2) is 13.8 Å². The number of thioether (sulfide) groups is 1. The quantitative estimate of drug-likeness (QED) is 0.796. The third-order valence-corrected chi connectivity index (χ3v) is 5.11. The van der Waals surface area contributed by atoms with E-state index in [1.807, 2.05) is 0 Å². The summed E-state index contributed by atoms with van der Waals surface area (Å²) in [5, 5.41) is 4.65. The molecule has 2 aromatic carbocycles. The molecule has 0 unspecified atom stereocenters. The zero-order valence-electron chi connectivity index (χ0n) is 14.1. The Morgan fingerprint density at radius 2 is 2.04 bits per heavy atom. The Kier molecular flexibility index (Phi) is 5.76. The number of aliphatic imine (C=N–C) groups is 1. The average molecular weight is 410 g/mol. The highest BCUT2D eigenvalue weighted by molar-refractivity contribution is 8.15. The van der Waals surface area contributed by atoms with E-state index in [9.17, 15) is 18.4 Å². The second-order valence-electron chi connectivity index (χ2n) is 5.83. The third-order valence-electron chi connectivity index (χ3n) is 3.74. The predicted molar refractivity (Wildman–Crippen MR) is 102 cm³/mol. The molecule has 0 spiro atoms. The molecule has 0 saturated carbocycles. The van der Waals surface area contributed by atoms with Crippen molar-refractivity contribution < 1.29 is 18.4 Å². The van der Waals surface area contributed by atoms with Crippen molar-refractivity contribution in [3.63, 3.8) is 0 Å². The van der Waals surface area contributed by atoms with Crippen molar-refractivity contribution in [2.24, 2.45) is 4.99 Å². The maximum absolute atomic E-state index is 13.6. The van der Waals surface area contributed by atoms with Gasteiger partial charge in [0.15, 0.2) is 5.17 Å². The molecule has 1 fully saturated rings. The molecular weight excluding hydrogens is 396 g/mol. The van der Waals surface area contributed by atoms with Crippen LogP contribution in [-0.4, -0.2) is 22.2 Å². The number of benzene rings is 2. The summed E-state index contributed by atoms with van der Waals surface area (Å²) >= 11 is 6.76. The third kappa shape index (κ3) is 4.84. The van der Waals surface area contributed by atoms with E-state index in [1.165, 1.54) is 18.2 Å². The lowest BCUT2D eigenvalue weighted by Gasteiger charge is -2.08. The summed E-state index contributed by atoms with van der Waals surface area (Å²) in [6, 6.07) is 8.30. The fraction of sp³-hybridized carbons (Fsp3) is 0.167. The van der Waals surface area contributed by atoms with Crippen LogP contribution in [0.15, 0.2) is 41.4 Å². The number of nitrogens with zero attached hydrogens (tertiary/aromatic N) is 1. The number of hydrogen-bond donors (Lipinski definition) is 2. The number of nitrogens with one attached hydrogen (secondary N) is 2. The highest BCUT2D eigenvalue weighted by Gasteiger charge is 2.32. The molecule has 140 valence electrons. The SMILES string of the molecule is Cc1ccc(N=C2NC(=O)[C@@H](CC(=O)Nc3ccc(F)c(Cl)c3)S2)cc1F. The molecular formula is C18H14ClF2N3O2S. The first kappa shape index (κ1) is 19.3. The summed E-state index contributed by atoms with van der Waals surface area (Å²) in [6.07, 6.45) is -0.104. The first-order valence-electron chi connectivity index (χ1n) is 7.89. The summed E-state index contributed by atoms with van der Waals surface area (Å²) in [7, 11) is 0. The molecule has 2 N–H and O–H groups in total. The molecule has 0 aromatic heterocycles. The molecule has 0 bridgehead atoms. The van der Waals surface area contributed by atoms with Gasteiger partial charge >= 0.3 is 0 Å². The molecule has 9 heteroatoms. The summed E-state index contributed by atoms with van der Waals surface area (Å²) in [5.74, 6) is -1.76. The number of amides is 2. The largest absolute Gasteiger partial charge is 0.326 e. The van der Waals surface area contributed by atoms with Crippen molar-refractivity contribution in [3.8, 4) is 0 Å². The molecule has 1 aliphatic rings. The number of hydrogen-bond acceptors (Lipinski definition) is 4. The van der Waals surface area contributed by atoms with Gasteiger partial charge in [0.1, 0.15) is 16.9 Å². The zero-order valence-corrected chi connectivity index (χ0v) is 15.6. The lowest BCUT2D eigenvalue weighted by Crippen LogP contribution is -2.28. The second-order valence-corrected chi connectivity index (χ2v) is 7.43. The molecule has 27 heavy (non-hydrogen) atoms. The van der Waals surface area contributed by atoms with Crippen LogP contribution in [0.2, 0.25) is 5.02 Å². The van der Waals surface area contributed by atoms with Crippen LogP contribution in [0.1, 0.15) is 12.0 Å². The molecule has 3 rings (SSSR count). The first-order valence-corrected chi connectivity index (χ1v) is 9.15. The standard InChI is InChI=1S/C18H14ClF2N3O2S/c1-9-2-3-11(7-14(9)21)23-18-24-17(26)15(27-18)8-16(25)22-10-4-5-13(20)12(19)6-10/h2-7,15H,8H2,1H3,(H,22,25)(H,23,24,26)/t15-/m1/s1. The Morgan fingerprint density at radius 1 is 1.26 bits per heavy atom. The second kappa shape index (κ2) is 8.06.